The fraction of sp³-hybridized carbons (Fsp3) is 0.632. The fourth-order valence-electron chi connectivity index (χ4n) is 3.89. The zero-order valence-electron chi connectivity index (χ0n) is 16.1. The van der Waals surface area contributed by atoms with Crippen LogP contribution in [0.2, 0.25) is 0 Å². The monoisotopic (exact) mass is 415 g/mol. The summed E-state index contributed by atoms with van der Waals surface area (Å²) < 4.78 is 27.4. The van der Waals surface area contributed by atoms with E-state index in [1.165, 1.54) is 4.31 Å². The van der Waals surface area contributed by atoms with Crippen LogP contribution < -0.4 is 5.32 Å². The molecule has 3 rings (SSSR count). The molecule has 2 unspecified atom stereocenters. The highest BCUT2D eigenvalue weighted by atomic mass is 35.5. The van der Waals surface area contributed by atoms with Crippen molar-refractivity contribution in [1.29, 1.82) is 0 Å². The third-order valence-corrected chi connectivity index (χ3v) is 7.41. The molecule has 152 valence electrons. The first-order valence-electron chi connectivity index (χ1n) is 9.44. The Morgan fingerprint density at radius 3 is 2.41 bits per heavy atom. The summed E-state index contributed by atoms with van der Waals surface area (Å²) in [5, 5.41) is 3.25. The lowest BCUT2D eigenvalue weighted by Gasteiger charge is -2.37. The van der Waals surface area contributed by atoms with Gasteiger partial charge in [-0.25, -0.2) is 8.42 Å². The number of hydrogen-bond acceptors (Lipinski definition) is 4. The summed E-state index contributed by atoms with van der Waals surface area (Å²) in [6.45, 7) is 4.20. The summed E-state index contributed by atoms with van der Waals surface area (Å²) in [5.41, 5.74) is 1.03. The number of rotatable bonds is 4. The largest absolute Gasteiger partial charge is 0.341 e. The lowest BCUT2D eigenvalue weighted by molar-refractivity contribution is -0.138. The maximum atomic E-state index is 12.9. The van der Waals surface area contributed by atoms with Gasteiger partial charge < -0.3 is 10.2 Å². The van der Waals surface area contributed by atoms with Crippen molar-refractivity contribution in [2.45, 2.75) is 43.5 Å². The predicted octanol–water partition coefficient (Wildman–Crippen LogP) is 2.03. The predicted molar refractivity (Wildman–Crippen MR) is 109 cm³/mol. The summed E-state index contributed by atoms with van der Waals surface area (Å²) in [6, 6.07) is 7.26. The lowest BCUT2D eigenvalue weighted by Crippen LogP contribution is -2.52. The highest BCUT2D eigenvalue weighted by Crippen LogP contribution is 2.26. The number of piperidine rings is 2. The number of benzene rings is 1. The molecule has 8 heteroatoms. The Morgan fingerprint density at radius 2 is 1.74 bits per heavy atom. The van der Waals surface area contributed by atoms with Gasteiger partial charge in [-0.2, -0.15) is 4.31 Å². The van der Waals surface area contributed by atoms with Gasteiger partial charge in [0.2, 0.25) is 15.9 Å². The summed E-state index contributed by atoms with van der Waals surface area (Å²) in [7, 11) is -1.62. The Labute approximate surface area is 168 Å². The molecular weight excluding hydrogens is 386 g/mol. The first kappa shape index (κ1) is 22.1. The van der Waals surface area contributed by atoms with Crippen LogP contribution in [-0.4, -0.2) is 62.8 Å². The number of halogens is 1. The summed E-state index contributed by atoms with van der Waals surface area (Å²) in [5.74, 6) is -0.131. The summed E-state index contributed by atoms with van der Waals surface area (Å²) >= 11 is 0. The van der Waals surface area contributed by atoms with Crippen molar-refractivity contribution in [2.75, 3.05) is 33.2 Å². The zero-order valence-corrected chi connectivity index (χ0v) is 17.7. The smallest absolute Gasteiger partial charge is 0.243 e. The zero-order chi connectivity index (χ0) is 18.7. The molecule has 2 aliphatic rings. The summed E-state index contributed by atoms with van der Waals surface area (Å²) in [6.07, 6.45) is 3.57. The van der Waals surface area contributed by atoms with Crippen molar-refractivity contribution in [1.82, 2.24) is 14.5 Å². The van der Waals surface area contributed by atoms with E-state index in [9.17, 15) is 13.2 Å². The van der Waals surface area contributed by atoms with E-state index in [1.807, 2.05) is 31.0 Å². The first-order chi connectivity index (χ1) is 12.4. The van der Waals surface area contributed by atoms with Crippen LogP contribution in [-0.2, 0) is 14.8 Å². The van der Waals surface area contributed by atoms with Gasteiger partial charge in [-0.3, -0.25) is 4.79 Å². The van der Waals surface area contributed by atoms with Crippen LogP contribution in [0.15, 0.2) is 29.2 Å². The first-order valence-corrected chi connectivity index (χ1v) is 10.9. The molecule has 2 fully saturated rings. The van der Waals surface area contributed by atoms with E-state index >= 15 is 0 Å². The van der Waals surface area contributed by atoms with E-state index in [2.05, 4.69) is 5.32 Å². The Bertz CT molecular complexity index is 739. The quantitative estimate of drug-likeness (QED) is 0.816. The van der Waals surface area contributed by atoms with E-state index in [-0.39, 0.29) is 30.8 Å². The van der Waals surface area contributed by atoms with Crippen LogP contribution in [0.25, 0.3) is 0 Å². The molecule has 1 aromatic carbocycles. The number of amides is 1. The Kier molecular flexibility index (Phi) is 7.68. The molecule has 0 aliphatic carbocycles. The van der Waals surface area contributed by atoms with Crippen molar-refractivity contribution in [3.8, 4) is 0 Å². The minimum absolute atomic E-state index is 0. The molecule has 0 radical (unpaired) electrons. The standard InChI is InChI=1S/C19H29N3O3S.ClH/c1-15-7-9-18(10-8-15)26(24,25)22-12-3-5-16(13-22)19(23)21-11-4-6-17(14-21)20-2;/h7-10,16-17,20H,3-6,11-14H2,1-2H3;1H. The lowest BCUT2D eigenvalue weighted by atomic mass is 9.96. The number of likely N-dealkylation sites (N-methyl/N-ethyl adjacent to an activating group) is 1. The third-order valence-electron chi connectivity index (χ3n) is 5.53. The second-order valence-corrected chi connectivity index (χ2v) is 9.37. The molecular formula is C19H30ClN3O3S. The van der Waals surface area contributed by atoms with Gasteiger partial charge in [-0.1, -0.05) is 17.7 Å². The third kappa shape index (κ3) is 5.02. The molecule has 0 aromatic heterocycles. The molecule has 2 aliphatic heterocycles. The minimum Gasteiger partial charge on any atom is -0.341 e. The van der Waals surface area contributed by atoms with Crippen LogP contribution in [0.3, 0.4) is 0 Å². The van der Waals surface area contributed by atoms with Gasteiger partial charge in [-0.15, -0.1) is 12.4 Å². The van der Waals surface area contributed by atoms with Crippen molar-refractivity contribution in [2.24, 2.45) is 5.92 Å². The van der Waals surface area contributed by atoms with Crippen molar-refractivity contribution in [3.63, 3.8) is 0 Å². The van der Waals surface area contributed by atoms with Gasteiger partial charge in [0.25, 0.3) is 0 Å². The van der Waals surface area contributed by atoms with Crippen molar-refractivity contribution >= 4 is 28.3 Å². The SMILES string of the molecule is CNC1CCCN(C(=O)C2CCCN(S(=O)(=O)c3ccc(C)cc3)C2)C1.Cl. The summed E-state index contributed by atoms with van der Waals surface area (Å²) in [4.78, 5) is 15.2. The second kappa shape index (κ2) is 9.37. The van der Waals surface area contributed by atoms with Crippen LogP contribution in [0.4, 0.5) is 0 Å². The fourth-order valence-corrected chi connectivity index (χ4v) is 5.42. The Balaban J connectivity index is 0.00000261. The van der Waals surface area contributed by atoms with Crippen molar-refractivity contribution < 1.29 is 13.2 Å². The maximum Gasteiger partial charge on any atom is 0.243 e. The number of likely N-dealkylation sites (tertiary alicyclic amines) is 1. The van der Waals surface area contributed by atoms with Crippen LogP contribution in [0.5, 0.6) is 0 Å². The number of carbonyl (C=O) groups excluding carboxylic acids is 1. The van der Waals surface area contributed by atoms with E-state index in [1.54, 1.807) is 12.1 Å². The van der Waals surface area contributed by atoms with Gasteiger partial charge in [-0.05, 0) is 51.8 Å². The number of sulfonamides is 1. The molecule has 1 aromatic rings. The van der Waals surface area contributed by atoms with Gasteiger partial charge in [0.15, 0.2) is 0 Å². The van der Waals surface area contributed by atoms with E-state index in [0.29, 0.717) is 17.5 Å². The van der Waals surface area contributed by atoms with Crippen LogP contribution in [0, 0.1) is 12.8 Å². The molecule has 2 saturated heterocycles. The van der Waals surface area contributed by atoms with E-state index in [4.69, 9.17) is 0 Å². The molecule has 2 atom stereocenters. The van der Waals surface area contributed by atoms with Gasteiger partial charge in [0.1, 0.15) is 0 Å². The topological polar surface area (TPSA) is 69.7 Å². The van der Waals surface area contributed by atoms with Crippen LogP contribution >= 0.6 is 12.4 Å². The normalized spacial score (nSPS) is 24.3. The Morgan fingerprint density at radius 1 is 1.07 bits per heavy atom. The number of nitrogens with zero attached hydrogens (tertiary/aromatic N) is 2. The molecule has 0 spiro atoms. The van der Waals surface area contributed by atoms with Crippen molar-refractivity contribution in [3.05, 3.63) is 29.8 Å². The van der Waals surface area contributed by atoms with E-state index in [0.717, 1.165) is 44.3 Å². The molecule has 6 nitrogen and oxygen atoms in total. The minimum atomic E-state index is -3.54. The molecule has 2 heterocycles. The number of hydrogen-bond donors (Lipinski definition) is 1. The van der Waals surface area contributed by atoms with Gasteiger partial charge in [0, 0.05) is 32.2 Å². The molecule has 27 heavy (non-hydrogen) atoms. The number of nitrogens with one attached hydrogen (secondary N) is 1. The molecule has 1 amide bonds. The number of aryl methyl sites for hydroxylation is 1. The second-order valence-electron chi connectivity index (χ2n) is 7.43. The van der Waals surface area contributed by atoms with Crippen LogP contribution in [0.1, 0.15) is 31.2 Å². The molecule has 1 N–H and O–H groups in total. The average molecular weight is 416 g/mol. The van der Waals surface area contributed by atoms with Gasteiger partial charge >= 0.3 is 0 Å². The Hall–Kier alpha value is -1.15. The maximum absolute atomic E-state index is 12.9. The molecule has 0 saturated carbocycles. The van der Waals surface area contributed by atoms with Gasteiger partial charge in [0.05, 0.1) is 10.8 Å². The molecule has 0 bridgehead atoms. The average Bonchev–Trinajstić information content (AvgIpc) is 2.68. The number of carbonyl (C=O) groups is 1. The highest BCUT2D eigenvalue weighted by molar-refractivity contribution is 7.89. The highest BCUT2D eigenvalue weighted by Gasteiger charge is 2.36. The van der Waals surface area contributed by atoms with E-state index < -0.39 is 10.0 Å².